The van der Waals surface area contributed by atoms with E-state index in [1.807, 2.05) is 0 Å². The predicted octanol–water partition coefficient (Wildman–Crippen LogP) is 3.95. The summed E-state index contributed by atoms with van der Waals surface area (Å²) in [7, 11) is -3.89. The van der Waals surface area contributed by atoms with Crippen molar-refractivity contribution in [2.24, 2.45) is 16.7 Å². The van der Waals surface area contributed by atoms with Crippen molar-refractivity contribution in [3.8, 4) is 0 Å². The van der Waals surface area contributed by atoms with E-state index >= 15 is 0 Å². The van der Waals surface area contributed by atoms with Gasteiger partial charge in [0, 0.05) is 24.9 Å². The molecule has 274 valence electrons. The van der Waals surface area contributed by atoms with Crippen molar-refractivity contribution in [3.05, 3.63) is 47.8 Å². The highest BCUT2D eigenvalue weighted by Crippen LogP contribution is 2.57. The number of fused-ring (bicyclic) bond motifs is 1. The number of hydrogen-bond acceptors (Lipinski definition) is 9. The first-order valence-corrected chi connectivity index (χ1v) is 18.4. The number of amides is 4. The van der Waals surface area contributed by atoms with Crippen LogP contribution >= 0.6 is 0 Å². The minimum absolute atomic E-state index is 0.00515. The van der Waals surface area contributed by atoms with Crippen molar-refractivity contribution in [3.63, 3.8) is 0 Å². The maximum absolute atomic E-state index is 14.4. The molecule has 2 unspecified atom stereocenters. The van der Waals surface area contributed by atoms with Gasteiger partial charge < -0.3 is 19.7 Å². The van der Waals surface area contributed by atoms with Gasteiger partial charge in [-0.3, -0.25) is 24.0 Å². The number of hydrogen-bond donors (Lipinski definition) is 2. The van der Waals surface area contributed by atoms with Gasteiger partial charge in [-0.05, 0) is 63.0 Å². The lowest BCUT2D eigenvalue weighted by Gasteiger charge is -2.36. The van der Waals surface area contributed by atoms with E-state index in [1.54, 1.807) is 53.7 Å². The topological polar surface area (TPSA) is 168 Å². The normalized spacial score (nSPS) is 25.3. The van der Waals surface area contributed by atoms with E-state index in [1.165, 1.54) is 21.9 Å². The number of ketones is 1. The molecule has 4 aliphatic rings. The number of carbonyl (C=O) groups is 5. The Morgan fingerprint density at radius 3 is 2.34 bits per heavy atom. The number of ether oxygens (including phenoxy) is 2. The number of halogens is 1. The van der Waals surface area contributed by atoms with Crippen LogP contribution in [0.3, 0.4) is 0 Å². The average Bonchev–Trinajstić information content (AvgIpc) is 3.89. The fraction of sp³-hybridized carbons (Fsp3) is 0.629. The monoisotopic (exact) mass is 718 g/mol. The average molecular weight is 719 g/mol. The lowest BCUT2D eigenvalue weighted by molar-refractivity contribution is -0.142. The number of sulfonamides is 1. The van der Waals surface area contributed by atoms with Crippen molar-refractivity contribution in [2.45, 2.75) is 116 Å². The molecule has 5 rings (SSSR count). The number of nitrogens with zero attached hydrogens (tertiary/aromatic N) is 2. The predicted molar refractivity (Wildman–Crippen MR) is 179 cm³/mol. The summed E-state index contributed by atoms with van der Waals surface area (Å²) in [6.45, 7) is 13.9. The van der Waals surface area contributed by atoms with E-state index in [9.17, 15) is 36.8 Å². The van der Waals surface area contributed by atoms with Crippen molar-refractivity contribution >= 4 is 39.8 Å². The largest absolute Gasteiger partial charge is 0.444 e. The van der Waals surface area contributed by atoms with Gasteiger partial charge in [0.1, 0.15) is 23.6 Å². The second-order valence-corrected chi connectivity index (χ2v) is 17.9. The van der Waals surface area contributed by atoms with Gasteiger partial charge in [-0.2, -0.15) is 0 Å². The van der Waals surface area contributed by atoms with Crippen LogP contribution in [0.15, 0.2) is 30.9 Å². The lowest BCUT2D eigenvalue weighted by atomic mass is 9.85. The van der Waals surface area contributed by atoms with Gasteiger partial charge >= 0.3 is 12.2 Å². The van der Waals surface area contributed by atoms with Crippen LogP contribution in [0.1, 0.15) is 84.8 Å². The van der Waals surface area contributed by atoms with Gasteiger partial charge in [0.05, 0.1) is 29.8 Å². The van der Waals surface area contributed by atoms with E-state index in [0.717, 1.165) is 0 Å². The fourth-order valence-corrected chi connectivity index (χ4v) is 8.09. The highest BCUT2D eigenvalue weighted by Gasteiger charge is 2.61. The zero-order valence-corrected chi connectivity index (χ0v) is 30.2. The van der Waals surface area contributed by atoms with Crippen LogP contribution in [0, 0.1) is 22.6 Å². The number of Topliss-reactive ketones (excluding diaryl/α,β-unsaturated/α-hetero) is 1. The molecular formula is C35H47FN4O9S. The Balaban J connectivity index is 1.38. The number of nitrogens with one attached hydrogen (secondary N) is 2. The molecule has 0 aromatic heterocycles. The quantitative estimate of drug-likeness (QED) is 0.341. The Morgan fingerprint density at radius 2 is 1.78 bits per heavy atom. The molecule has 3 fully saturated rings. The Labute approximate surface area is 292 Å². The number of allylic oxidation sites excluding steroid dienone is 1. The Kier molecular flexibility index (Phi) is 9.89. The molecule has 2 heterocycles. The van der Waals surface area contributed by atoms with E-state index in [0.29, 0.717) is 24.0 Å². The van der Waals surface area contributed by atoms with E-state index < -0.39 is 91.4 Å². The summed E-state index contributed by atoms with van der Waals surface area (Å²) in [4.78, 5) is 70.7. The number of rotatable bonds is 10. The minimum Gasteiger partial charge on any atom is -0.444 e. The third-order valence-electron chi connectivity index (χ3n) is 9.70. The van der Waals surface area contributed by atoms with Gasteiger partial charge in [-0.25, -0.2) is 22.4 Å². The van der Waals surface area contributed by atoms with E-state index in [2.05, 4.69) is 16.6 Å². The smallest absolute Gasteiger partial charge is 0.410 e. The summed E-state index contributed by atoms with van der Waals surface area (Å²) < 4.78 is 53.0. The fourth-order valence-electron chi connectivity index (χ4n) is 6.71. The molecule has 0 bridgehead atoms. The zero-order chi connectivity index (χ0) is 37.0. The minimum atomic E-state index is -3.89. The summed E-state index contributed by atoms with van der Waals surface area (Å²) in [6.07, 6.45) is -0.425. The van der Waals surface area contributed by atoms with Crippen molar-refractivity contribution in [1.29, 1.82) is 0 Å². The summed E-state index contributed by atoms with van der Waals surface area (Å²) in [5.74, 6) is -2.84. The van der Waals surface area contributed by atoms with Gasteiger partial charge in [0.2, 0.25) is 21.8 Å². The van der Waals surface area contributed by atoms with E-state index in [-0.39, 0.29) is 38.9 Å². The van der Waals surface area contributed by atoms with Gasteiger partial charge in [0.25, 0.3) is 0 Å². The first-order valence-electron chi connectivity index (χ1n) is 16.9. The molecule has 0 radical (unpaired) electrons. The van der Waals surface area contributed by atoms with E-state index in [4.69, 9.17) is 9.47 Å². The molecule has 2 aliphatic heterocycles. The highest BCUT2D eigenvalue weighted by atomic mass is 32.2. The molecule has 13 nitrogen and oxygen atoms in total. The molecule has 0 spiro atoms. The highest BCUT2D eigenvalue weighted by molar-refractivity contribution is 7.90. The Bertz CT molecular complexity index is 1700. The second kappa shape index (κ2) is 13.3. The third kappa shape index (κ3) is 7.97. The molecule has 15 heteroatoms. The number of benzene rings is 1. The van der Waals surface area contributed by atoms with Crippen molar-refractivity contribution in [1.82, 2.24) is 19.8 Å². The number of alkyl carbamates (subject to hydrolysis) is 1. The lowest BCUT2D eigenvalue weighted by Crippen LogP contribution is -2.57. The maximum Gasteiger partial charge on any atom is 0.410 e. The van der Waals surface area contributed by atoms with Crippen LogP contribution in [-0.4, -0.2) is 83.6 Å². The van der Waals surface area contributed by atoms with Gasteiger partial charge in [-0.1, -0.05) is 39.0 Å². The molecule has 4 amide bonds. The molecule has 2 aliphatic carbocycles. The number of carbonyl (C=O) groups excluding carboxylic acids is 5. The van der Waals surface area contributed by atoms with Crippen molar-refractivity contribution < 1.29 is 46.3 Å². The molecule has 2 N–H and O–H groups in total. The van der Waals surface area contributed by atoms with Crippen LogP contribution in [0.2, 0.25) is 0 Å². The molecule has 5 atom stereocenters. The van der Waals surface area contributed by atoms with Crippen LogP contribution in [-0.2, 0) is 47.0 Å². The Hall–Kier alpha value is -4.01. The van der Waals surface area contributed by atoms with Crippen molar-refractivity contribution in [2.75, 3.05) is 6.54 Å². The van der Waals surface area contributed by atoms with Crippen LogP contribution in [0.25, 0.3) is 0 Å². The summed E-state index contributed by atoms with van der Waals surface area (Å²) in [6, 6.07) is 2.25. The molecule has 50 heavy (non-hydrogen) atoms. The first kappa shape index (κ1) is 37.3. The molecule has 2 saturated carbocycles. The summed E-state index contributed by atoms with van der Waals surface area (Å²) in [5, 5.41) is 2.00. The molecular weight excluding hydrogens is 671 g/mol. The SMILES string of the molecule is C=CC1C[C@]1(CC(=O)C1C[C@@H](OC(=O)N2Cc3cccc(F)c3C2)CN1C(=O)[C@@H](NC(=O)OC(C)(C)C)C(C)(C)C)C(=O)NS(=O)(=O)C1CC1. The summed E-state index contributed by atoms with van der Waals surface area (Å²) >= 11 is 0. The molecule has 1 aromatic rings. The Morgan fingerprint density at radius 1 is 1.10 bits per heavy atom. The van der Waals surface area contributed by atoms with Gasteiger partial charge in [0.15, 0.2) is 5.78 Å². The van der Waals surface area contributed by atoms with Gasteiger partial charge in [-0.15, -0.1) is 6.58 Å². The standard InChI is InChI=1S/C35H47FN4O9S/c1-8-21-15-35(21,30(43)38-50(46,47)23-12-13-23)16-27(41)26-14-22(48-32(45)39-17-20-10-9-11-25(36)24(20)19-39)18-40(26)29(42)28(33(2,3)4)37-31(44)49-34(5,6)7/h8-11,21-23,26,28H,1,12-19H2,2-7H3,(H,37,44)(H,38,43)/t21?,22-,26?,28-,35-/m1/s1. The number of likely N-dealkylation sites (tertiary alicyclic amines) is 1. The van der Waals surface area contributed by atoms with Crippen LogP contribution in [0.5, 0.6) is 0 Å². The maximum atomic E-state index is 14.4. The third-order valence-corrected chi connectivity index (χ3v) is 11.5. The van der Waals surface area contributed by atoms with Crippen LogP contribution < -0.4 is 10.0 Å². The first-order chi connectivity index (χ1) is 23.1. The molecule has 1 saturated heterocycles. The second-order valence-electron chi connectivity index (χ2n) is 15.9. The molecule has 1 aromatic carbocycles. The zero-order valence-electron chi connectivity index (χ0n) is 29.4. The summed E-state index contributed by atoms with van der Waals surface area (Å²) in [5.41, 5.74) is -2.05. The van der Waals surface area contributed by atoms with Crippen LogP contribution in [0.4, 0.5) is 14.0 Å².